The Morgan fingerprint density at radius 3 is 2.31 bits per heavy atom. The highest BCUT2D eigenvalue weighted by Crippen LogP contribution is 2.35. The fraction of sp³-hybridized carbons (Fsp3) is 0.0833. The third kappa shape index (κ3) is 4.87. The number of benzene rings is 3. The molecule has 4 aromatic rings. The first-order valence-corrected chi connectivity index (χ1v) is 10.8. The Morgan fingerprint density at radius 2 is 1.69 bits per heavy atom. The summed E-state index contributed by atoms with van der Waals surface area (Å²) in [5, 5.41) is 14.0. The standard InChI is InChI=1S/C24H19N3O4S/c1-16-14-19(27(29)30)12-13-20(16)25-21(28)15-32-24-26-22(17-8-4-2-5-9-17)23(31-24)18-10-6-3-7-11-18/h2-14H,15H2,1H3,(H,25,28). The van der Waals surface area contributed by atoms with E-state index in [1.165, 1.54) is 30.0 Å². The Morgan fingerprint density at radius 1 is 1.03 bits per heavy atom. The molecule has 1 amide bonds. The average molecular weight is 446 g/mol. The van der Waals surface area contributed by atoms with Gasteiger partial charge in [-0.3, -0.25) is 14.9 Å². The van der Waals surface area contributed by atoms with Gasteiger partial charge in [-0.25, -0.2) is 4.98 Å². The number of aromatic nitrogens is 1. The van der Waals surface area contributed by atoms with Crippen LogP contribution in [0.3, 0.4) is 0 Å². The number of oxazole rings is 1. The number of carbonyl (C=O) groups excluding carboxylic acids is 1. The molecular weight excluding hydrogens is 426 g/mol. The number of carbonyl (C=O) groups is 1. The van der Waals surface area contributed by atoms with Crippen LogP contribution in [0, 0.1) is 17.0 Å². The summed E-state index contributed by atoms with van der Waals surface area (Å²) in [5.74, 6) is 0.470. The van der Waals surface area contributed by atoms with Crippen molar-refractivity contribution in [3.05, 3.63) is 94.5 Å². The van der Waals surface area contributed by atoms with E-state index in [9.17, 15) is 14.9 Å². The molecule has 0 bridgehead atoms. The maximum atomic E-state index is 12.5. The van der Waals surface area contributed by atoms with Crippen molar-refractivity contribution in [3.8, 4) is 22.6 Å². The molecule has 32 heavy (non-hydrogen) atoms. The molecule has 0 atom stereocenters. The topological polar surface area (TPSA) is 98.3 Å². The van der Waals surface area contributed by atoms with Crippen molar-refractivity contribution in [2.75, 3.05) is 11.1 Å². The number of nitrogens with one attached hydrogen (secondary N) is 1. The molecule has 1 heterocycles. The Bertz CT molecular complexity index is 1200. The number of anilines is 1. The van der Waals surface area contributed by atoms with E-state index in [4.69, 9.17) is 4.42 Å². The van der Waals surface area contributed by atoms with Crippen molar-refractivity contribution in [3.63, 3.8) is 0 Å². The summed E-state index contributed by atoms with van der Waals surface area (Å²) in [6.45, 7) is 1.71. The second-order valence-electron chi connectivity index (χ2n) is 6.98. The Hall–Kier alpha value is -3.91. The lowest BCUT2D eigenvalue weighted by Gasteiger charge is -2.07. The zero-order valence-corrected chi connectivity index (χ0v) is 18.0. The quantitative estimate of drug-likeness (QED) is 0.214. The second-order valence-corrected chi connectivity index (χ2v) is 7.91. The molecule has 0 saturated heterocycles. The van der Waals surface area contributed by atoms with Gasteiger partial charge >= 0.3 is 0 Å². The summed E-state index contributed by atoms with van der Waals surface area (Å²) in [6, 6.07) is 23.7. The van der Waals surface area contributed by atoms with E-state index in [1.54, 1.807) is 6.92 Å². The van der Waals surface area contributed by atoms with Crippen LogP contribution in [0.4, 0.5) is 11.4 Å². The van der Waals surface area contributed by atoms with Crippen LogP contribution in [0.2, 0.25) is 0 Å². The van der Waals surface area contributed by atoms with Gasteiger partial charge in [0.15, 0.2) is 5.76 Å². The van der Waals surface area contributed by atoms with E-state index in [1.807, 2.05) is 60.7 Å². The highest BCUT2D eigenvalue weighted by Gasteiger charge is 2.18. The van der Waals surface area contributed by atoms with Gasteiger partial charge in [0.1, 0.15) is 5.69 Å². The second kappa shape index (κ2) is 9.49. The molecule has 4 rings (SSSR count). The van der Waals surface area contributed by atoms with E-state index in [0.29, 0.717) is 27.9 Å². The van der Waals surface area contributed by atoms with Crippen LogP contribution in [-0.2, 0) is 4.79 Å². The zero-order valence-electron chi connectivity index (χ0n) is 17.1. The number of non-ortho nitro benzene ring substituents is 1. The number of thioether (sulfide) groups is 1. The van der Waals surface area contributed by atoms with Crippen molar-refractivity contribution >= 4 is 29.0 Å². The average Bonchev–Trinajstić information content (AvgIpc) is 3.24. The van der Waals surface area contributed by atoms with E-state index in [2.05, 4.69) is 10.3 Å². The minimum atomic E-state index is -0.467. The lowest BCUT2D eigenvalue weighted by atomic mass is 10.1. The van der Waals surface area contributed by atoms with Crippen LogP contribution >= 0.6 is 11.8 Å². The normalized spacial score (nSPS) is 10.7. The lowest BCUT2D eigenvalue weighted by Crippen LogP contribution is -2.14. The maximum absolute atomic E-state index is 12.5. The highest BCUT2D eigenvalue weighted by atomic mass is 32.2. The van der Waals surface area contributed by atoms with Crippen LogP contribution in [0.25, 0.3) is 22.6 Å². The van der Waals surface area contributed by atoms with Crippen LogP contribution in [0.1, 0.15) is 5.56 Å². The number of hydrogen-bond donors (Lipinski definition) is 1. The largest absolute Gasteiger partial charge is 0.431 e. The predicted octanol–water partition coefficient (Wildman–Crippen LogP) is 5.96. The summed E-state index contributed by atoms with van der Waals surface area (Å²) >= 11 is 1.19. The molecule has 8 heteroatoms. The van der Waals surface area contributed by atoms with E-state index in [0.717, 1.165) is 11.1 Å². The summed E-state index contributed by atoms with van der Waals surface area (Å²) in [4.78, 5) is 27.5. The molecule has 0 unspecified atom stereocenters. The zero-order chi connectivity index (χ0) is 22.5. The number of amides is 1. The van der Waals surface area contributed by atoms with Gasteiger partial charge in [0, 0.05) is 28.9 Å². The van der Waals surface area contributed by atoms with Crippen molar-refractivity contribution in [1.29, 1.82) is 0 Å². The van der Waals surface area contributed by atoms with Gasteiger partial charge in [-0.05, 0) is 18.6 Å². The van der Waals surface area contributed by atoms with Gasteiger partial charge in [0.05, 0.1) is 10.7 Å². The minimum Gasteiger partial charge on any atom is -0.431 e. The van der Waals surface area contributed by atoms with Crippen molar-refractivity contribution < 1.29 is 14.1 Å². The Kier molecular flexibility index (Phi) is 6.32. The Balaban J connectivity index is 1.51. The molecule has 0 spiro atoms. The van der Waals surface area contributed by atoms with Crippen molar-refractivity contribution in [2.45, 2.75) is 12.1 Å². The van der Waals surface area contributed by atoms with Crippen molar-refractivity contribution in [1.82, 2.24) is 4.98 Å². The third-order valence-corrected chi connectivity index (χ3v) is 5.54. The van der Waals surface area contributed by atoms with Gasteiger partial charge in [-0.15, -0.1) is 0 Å². The molecule has 1 N–H and O–H groups in total. The highest BCUT2D eigenvalue weighted by molar-refractivity contribution is 7.99. The monoisotopic (exact) mass is 445 g/mol. The van der Waals surface area contributed by atoms with Gasteiger partial charge < -0.3 is 9.73 Å². The molecule has 3 aromatic carbocycles. The molecule has 0 saturated carbocycles. The first kappa shape index (κ1) is 21.3. The number of rotatable bonds is 7. The fourth-order valence-corrected chi connectivity index (χ4v) is 3.78. The predicted molar refractivity (Wildman–Crippen MR) is 125 cm³/mol. The molecule has 160 valence electrons. The Labute approximate surface area is 188 Å². The van der Waals surface area contributed by atoms with Crippen LogP contribution < -0.4 is 5.32 Å². The van der Waals surface area contributed by atoms with E-state index < -0.39 is 4.92 Å². The molecule has 7 nitrogen and oxygen atoms in total. The first-order valence-electron chi connectivity index (χ1n) is 9.80. The molecular formula is C24H19N3O4S. The smallest absolute Gasteiger partial charge is 0.269 e. The molecule has 0 aliphatic carbocycles. The van der Waals surface area contributed by atoms with Gasteiger partial charge in [-0.2, -0.15) is 0 Å². The number of hydrogen-bond acceptors (Lipinski definition) is 6. The van der Waals surface area contributed by atoms with Crippen LogP contribution in [0.15, 0.2) is 88.5 Å². The van der Waals surface area contributed by atoms with Crippen LogP contribution in [-0.4, -0.2) is 21.6 Å². The number of nitro groups is 1. The number of nitro benzene ring substituents is 1. The van der Waals surface area contributed by atoms with Gasteiger partial charge in [0.25, 0.3) is 10.9 Å². The van der Waals surface area contributed by atoms with Gasteiger partial charge in [-0.1, -0.05) is 72.4 Å². The first-order chi connectivity index (χ1) is 15.5. The molecule has 1 aromatic heterocycles. The lowest BCUT2D eigenvalue weighted by molar-refractivity contribution is -0.384. The fourth-order valence-electron chi connectivity index (χ4n) is 3.15. The van der Waals surface area contributed by atoms with Gasteiger partial charge in [0.2, 0.25) is 5.91 Å². The third-order valence-electron chi connectivity index (χ3n) is 4.71. The molecule has 0 aliphatic heterocycles. The summed E-state index contributed by atoms with van der Waals surface area (Å²) in [5.41, 5.74) is 3.67. The summed E-state index contributed by atoms with van der Waals surface area (Å²) < 4.78 is 6.02. The summed E-state index contributed by atoms with van der Waals surface area (Å²) in [6.07, 6.45) is 0. The SMILES string of the molecule is Cc1cc([N+](=O)[O-])ccc1NC(=O)CSc1nc(-c2ccccc2)c(-c2ccccc2)o1. The number of nitrogens with zero attached hydrogens (tertiary/aromatic N) is 2. The summed E-state index contributed by atoms with van der Waals surface area (Å²) in [7, 11) is 0. The van der Waals surface area contributed by atoms with Crippen LogP contribution in [0.5, 0.6) is 0 Å². The van der Waals surface area contributed by atoms with Crippen molar-refractivity contribution in [2.24, 2.45) is 0 Å². The minimum absolute atomic E-state index is 0.0171. The maximum Gasteiger partial charge on any atom is 0.269 e. The molecule has 0 aliphatic rings. The number of aryl methyl sites for hydroxylation is 1. The van der Waals surface area contributed by atoms with E-state index in [-0.39, 0.29) is 17.3 Å². The molecule has 0 fully saturated rings. The van der Waals surface area contributed by atoms with E-state index >= 15 is 0 Å². The molecule has 0 radical (unpaired) electrons.